The second-order valence-corrected chi connectivity index (χ2v) is 6.71. The topological polar surface area (TPSA) is 20.3 Å². The molecule has 1 saturated carbocycles. The molecule has 1 amide bonds. The fourth-order valence-electron chi connectivity index (χ4n) is 1.99. The Morgan fingerprint density at radius 3 is 2.35 bits per heavy atom. The van der Waals surface area contributed by atoms with Crippen molar-refractivity contribution in [1.29, 1.82) is 0 Å². The molecule has 0 aliphatic heterocycles. The summed E-state index contributed by atoms with van der Waals surface area (Å²) in [5.41, 5.74) is 0.196. The molecule has 0 radical (unpaired) electrons. The van der Waals surface area contributed by atoms with Crippen LogP contribution >= 0.6 is 11.6 Å². The van der Waals surface area contributed by atoms with Crippen molar-refractivity contribution in [2.24, 2.45) is 11.3 Å². The molecule has 0 spiro atoms. The monoisotopic (exact) mass is 259 g/mol. The van der Waals surface area contributed by atoms with Crippen molar-refractivity contribution < 1.29 is 4.79 Å². The average molecular weight is 260 g/mol. The van der Waals surface area contributed by atoms with Gasteiger partial charge in [0.2, 0.25) is 5.91 Å². The first-order chi connectivity index (χ1) is 7.86. The number of rotatable bonds is 5. The third kappa shape index (κ3) is 4.17. The number of halogens is 1. The smallest absolute Gasteiger partial charge is 0.223 e. The van der Waals surface area contributed by atoms with E-state index in [0.717, 1.165) is 12.8 Å². The van der Waals surface area contributed by atoms with Gasteiger partial charge in [-0.05, 0) is 30.6 Å². The van der Waals surface area contributed by atoms with E-state index >= 15 is 0 Å². The van der Waals surface area contributed by atoms with Crippen molar-refractivity contribution in [2.45, 2.75) is 59.4 Å². The molecule has 100 valence electrons. The number of hydrogen-bond donors (Lipinski definition) is 0. The van der Waals surface area contributed by atoms with Gasteiger partial charge in [-0.1, -0.05) is 27.7 Å². The van der Waals surface area contributed by atoms with Crippen molar-refractivity contribution in [3.8, 4) is 0 Å². The van der Waals surface area contributed by atoms with Crippen LogP contribution in [0, 0.1) is 11.3 Å². The Balaban J connectivity index is 2.53. The van der Waals surface area contributed by atoms with Crippen LogP contribution in [-0.4, -0.2) is 29.3 Å². The maximum absolute atomic E-state index is 12.3. The van der Waals surface area contributed by atoms with Gasteiger partial charge in [0.15, 0.2) is 0 Å². The molecule has 0 saturated heterocycles. The van der Waals surface area contributed by atoms with E-state index in [-0.39, 0.29) is 11.3 Å². The molecule has 0 aromatic carbocycles. The second kappa shape index (κ2) is 6.08. The molecule has 1 unspecified atom stereocenters. The van der Waals surface area contributed by atoms with Crippen LogP contribution in [0.4, 0.5) is 0 Å². The van der Waals surface area contributed by atoms with Gasteiger partial charge in [0.1, 0.15) is 0 Å². The lowest BCUT2D eigenvalue weighted by atomic mass is 9.79. The van der Waals surface area contributed by atoms with Crippen molar-refractivity contribution >= 4 is 17.5 Å². The Morgan fingerprint density at radius 2 is 2.00 bits per heavy atom. The highest BCUT2D eigenvalue weighted by Gasteiger charge is 2.31. The fraction of sp³-hybridized carbons (Fsp3) is 0.929. The summed E-state index contributed by atoms with van der Waals surface area (Å²) in [5, 5.41) is 0. The van der Waals surface area contributed by atoms with Crippen LogP contribution in [0.1, 0.15) is 53.4 Å². The molecule has 2 nitrogen and oxygen atoms in total. The first-order valence-corrected chi connectivity index (χ1v) is 7.25. The molecule has 1 fully saturated rings. The van der Waals surface area contributed by atoms with E-state index in [9.17, 15) is 4.79 Å². The highest BCUT2D eigenvalue weighted by Crippen LogP contribution is 2.31. The molecule has 0 bridgehead atoms. The van der Waals surface area contributed by atoms with Gasteiger partial charge in [0, 0.05) is 24.9 Å². The van der Waals surface area contributed by atoms with Gasteiger partial charge >= 0.3 is 0 Å². The number of alkyl halides is 1. The van der Waals surface area contributed by atoms with E-state index in [1.165, 1.54) is 6.42 Å². The zero-order chi connectivity index (χ0) is 13.1. The maximum Gasteiger partial charge on any atom is 0.223 e. The fourth-order valence-corrected chi connectivity index (χ4v) is 2.17. The van der Waals surface area contributed by atoms with Gasteiger partial charge in [-0.15, -0.1) is 11.6 Å². The Labute approximate surface area is 111 Å². The minimum atomic E-state index is 0.196. The van der Waals surface area contributed by atoms with E-state index in [1.54, 1.807) is 0 Å². The lowest BCUT2D eigenvalue weighted by Gasteiger charge is -2.39. The summed E-state index contributed by atoms with van der Waals surface area (Å²) in [6.07, 6.45) is 4.22. The molecule has 1 atom stereocenters. The number of carbonyl (C=O) groups excluding carboxylic acids is 1. The molecule has 17 heavy (non-hydrogen) atoms. The maximum atomic E-state index is 12.3. The molecule has 3 heteroatoms. The summed E-state index contributed by atoms with van der Waals surface area (Å²) in [5.74, 6) is 1.25. The van der Waals surface area contributed by atoms with E-state index in [2.05, 4.69) is 27.7 Å². The SMILES string of the molecule is CC(CC(=O)N(CCCl)C1CCC1)C(C)(C)C. The van der Waals surface area contributed by atoms with Gasteiger partial charge < -0.3 is 4.90 Å². The van der Waals surface area contributed by atoms with E-state index in [4.69, 9.17) is 11.6 Å². The Bertz CT molecular complexity index is 255. The number of nitrogens with zero attached hydrogens (tertiary/aromatic N) is 1. The quantitative estimate of drug-likeness (QED) is 0.690. The van der Waals surface area contributed by atoms with E-state index in [1.807, 2.05) is 4.90 Å². The summed E-state index contributed by atoms with van der Waals surface area (Å²) in [4.78, 5) is 14.3. The van der Waals surface area contributed by atoms with Crippen LogP contribution in [0.15, 0.2) is 0 Å². The normalized spacial score (nSPS) is 18.6. The standard InChI is InChI=1S/C14H26ClNO/c1-11(14(2,3)4)10-13(17)16(9-8-15)12-6-5-7-12/h11-12H,5-10H2,1-4H3. The molecule has 0 aromatic heterocycles. The predicted molar refractivity (Wildman–Crippen MR) is 73.3 cm³/mol. The van der Waals surface area contributed by atoms with Crippen molar-refractivity contribution in [3.05, 3.63) is 0 Å². The third-order valence-electron chi connectivity index (χ3n) is 4.12. The van der Waals surface area contributed by atoms with Crippen molar-refractivity contribution in [1.82, 2.24) is 4.90 Å². The van der Waals surface area contributed by atoms with Gasteiger partial charge in [0.25, 0.3) is 0 Å². The molecule has 0 N–H and O–H groups in total. The zero-order valence-electron chi connectivity index (χ0n) is 11.6. The molecular formula is C14H26ClNO. The van der Waals surface area contributed by atoms with Crippen molar-refractivity contribution in [2.75, 3.05) is 12.4 Å². The van der Waals surface area contributed by atoms with Crippen LogP contribution in [0.25, 0.3) is 0 Å². The van der Waals surface area contributed by atoms with E-state index in [0.29, 0.717) is 30.8 Å². The molecular weight excluding hydrogens is 234 g/mol. The lowest BCUT2D eigenvalue weighted by molar-refractivity contribution is -0.136. The molecule has 1 aliphatic carbocycles. The summed E-state index contributed by atoms with van der Waals surface area (Å²) in [6, 6.07) is 0.466. The van der Waals surface area contributed by atoms with Gasteiger partial charge in [-0.3, -0.25) is 4.79 Å². The predicted octanol–water partition coefficient (Wildman–Crippen LogP) is 3.68. The summed E-state index contributed by atoms with van der Waals surface area (Å²) in [6.45, 7) is 9.46. The highest BCUT2D eigenvalue weighted by atomic mass is 35.5. The summed E-state index contributed by atoms with van der Waals surface area (Å²) in [7, 11) is 0. The molecule has 0 aromatic rings. The molecule has 0 heterocycles. The Morgan fingerprint density at radius 1 is 1.41 bits per heavy atom. The van der Waals surface area contributed by atoms with Crippen LogP contribution < -0.4 is 0 Å². The van der Waals surface area contributed by atoms with Crippen LogP contribution in [0.3, 0.4) is 0 Å². The van der Waals surface area contributed by atoms with Crippen LogP contribution in [0.5, 0.6) is 0 Å². The average Bonchev–Trinajstić information content (AvgIpc) is 2.12. The Kier molecular flexibility index (Phi) is 5.30. The lowest BCUT2D eigenvalue weighted by Crippen LogP contribution is -2.46. The van der Waals surface area contributed by atoms with Crippen LogP contribution in [-0.2, 0) is 4.79 Å². The largest absolute Gasteiger partial charge is 0.339 e. The summed E-state index contributed by atoms with van der Waals surface area (Å²) >= 11 is 5.80. The zero-order valence-corrected chi connectivity index (χ0v) is 12.4. The second-order valence-electron chi connectivity index (χ2n) is 6.33. The first-order valence-electron chi connectivity index (χ1n) is 6.71. The highest BCUT2D eigenvalue weighted by molar-refractivity contribution is 6.18. The number of carbonyl (C=O) groups is 1. The third-order valence-corrected chi connectivity index (χ3v) is 4.29. The minimum absolute atomic E-state index is 0.196. The van der Waals surface area contributed by atoms with E-state index < -0.39 is 0 Å². The number of amides is 1. The van der Waals surface area contributed by atoms with Crippen LogP contribution in [0.2, 0.25) is 0 Å². The first kappa shape index (κ1) is 14.8. The number of hydrogen-bond acceptors (Lipinski definition) is 1. The Hall–Kier alpha value is -0.240. The summed E-state index contributed by atoms with van der Waals surface area (Å²) < 4.78 is 0. The van der Waals surface area contributed by atoms with Crippen molar-refractivity contribution in [3.63, 3.8) is 0 Å². The molecule has 1 aliphatic rings. The van der Waals surface area contributed by atoms with Gasteiger partial charge in [-0.25, -0.2) is 0 Å². The minimum Gasteiger partial charge on any atom is -0.339 e. The van der Waals surface area contributed by atoms with Gasteiger partial charge in [-0.2, -0.15) is 0 Å². The van der Waals surface area contributed by atoms with Gasteiger partial charge in [0.05, 0.1) is 0 Å². The molecule has 1 rings (SSSR count).